The Morgan fingerprint density at radius 3 is 2.32 bits per heavy atom. The van der Waals surface area contributed by atoms with Crippen LogP contribution >= 0.6 is 0 Å². The molecule has 0 aliphatic rings. The van der Waals surface area contributed by atoms with Crippen LogP contribution in [-0.2, 0) is 21.4 Å². The number of sulfonamides is 1. The van der Waals surface area contributed by atoms with Crippen LogP contribution in [0, 0.1) is 0 Å². The Labute approximate surface area is 199 Å². The highest BCUT2D eigenvalue weighted by atomic mass is 32.2. The Hall–Kier alpha value is -3.84. The normalized spacial score (nSPS) is 11.2. The van der Waals surface area contributed by atoms with E-state index in [4.69, 9.17) is 4.74 Å². The molecule has 0 fully saturated rings. The van der Waals surface area contributed by atoms with Crippen LogP contribution in [0.15, 0.2) is 102 Å². The fourth-order valence-corrected chi connectivity index (χ4v) is 5.24. The highest BCUT2D eigenvalue weighted by Crippen LogP contribution is 2.32. The van der Waals surface area contributed by atoms with Gasteiger partial charge in [0.1, 0.15) is 12.3 Å². The summed E-state index contributed by atoms with van der Waals surface area (Å²) in [5, 5.41) is 5.00. The molecule has 174 valence electrons. The number of benzene rings is 4. The van der Waals surface area contributed by atoms with Crippen molar-refractivity contribution in [2.24, 2.45) is 0 Å². The number of fused-ring (bicyclic) bond motifs is 1. The molecule has 0 heterocycles. The summed E-state index contributed by atoms with van der Waals surface area (Å²) in [7, 11) is -4.02. The lowest BCUT2D eigenvalue weighted by atomic mass is 10.0. The number of hydrogen-bond acceptors (Lipinski definition) is 4. The zero-order chi connectivity index (χ0) is 24.0. The second-order valence-electron chi connectivity index (χ2n) is 7.64. The van der Waals surface area contributed by atoms with Crippen molar-refractivity contribution in [3.8, 4) is 5.75 Å². The Kier molecular flexibility index (Phi) is 7.13. The zero-order valence-electron chi connectivity index (χ0n) is 18.8. The van der Waals surface area contributed by atoms with Crippen LogP contribution in [0.25, 0.3) is 10.8 Å². The van der Waals surface area contributed by atoms with E-state index in [1.54, 1.807) is 42.5 Å². The van der Waals surface area contributed by atoms with Gasteiger partial charge in [0.15, 0.2) is 0 Å². The van der Waals surface area contributed by atoms with Gasteiger partial charge in [-0.3, -0.25) is 9.10 Å². The first-order valence-corrected chi connectivity index (χ1v) is 12.5. The van der Waals surface area contributed by atoms with Gasteiger partial charge in [0.2, 0.25) is 5.91 Å². The lowest BCUT2D eigenvalue weighted by Gasteiger charge is -2.26. The SMILES string of the molecule is CCOc1ccccc1N(CC(=O)NCc1cccc2ccccc12)S(=O)(=O)c1ccccc1. The van der Waals surface area contributed by atoms with Crippen LogP contribution in [0.5, 0.6) is 5.75 Å². The number of amides is 1. The predicted octanol–water partition coefficient (Wildman–Crippen LogP) is 4.75. The zero-order valence-corrected chi connectivity index (χ0v) is 19.7. The van der Waals surface area contributed by atoms with Gasteiger partial charge in [0.25, 0.3) is 10.0 Å². The summed E-state index contributed by atoms with van der Waals surface area (Å²) in [5.74, 6) is -0.0231. The van der Waals surface area contributed by atoms with E-state index in [0.717, 1.165) is 20.6 Å². The molecule has 4 aromatic carbocycles. The van der Waals surface area contributed by atoms with Crippen molar-refractivity contribution >= 4 is 32.4 Å². The third-order valence-electron chi connectivity index (χ3n) is 5.41. The van der Waals surface area contributed by atoms with Crippen LogP contribution in [0.2, 0.25) is 0 Å². The number of nitrogens with zero attached hydrogens (tertiary/aromatic N) is 1. The number of hydrogen-bond donors (Lipinski definition) is 1. The van der Waals surface area contributed by atoms with E-state index >= 15 is 0 Å². The number of anilines is 1. The van der Waals surface area contributed by atoms with Crippen LogP contribution in [0.1, 0.15) is 12.5 Å². The van der Waals surface area contributed by atoms with E-state index in [1.165, 1.54) is 12.1 Å². The molecule has 0 saturated carbocycles. The lowest BCUT2D eigenvalue weighted by molar-refractivity contribution is -0.119. The van der Waals surface area contributed by atoms with Gasteiger partial charge in [0, 0.05) is 6.54 Å². The van der Waals surface area contributed by atoms with Crippen molar-refractivity contribution in [3.63, 3.8) is 0 Å². The number of carbonyl (C=O) groups is 1. The predicted molar refractivity (Wildman–Crippen MR) is 134 cm³/mol. The van der Waals surface area contributed by atoms with Gasteiger partial charge in [-0.1, -0.05) is 72.8 Å². The quantitative estimate of drug-likeness (QED) is 0.380. The number of ether oxygens (including phenoxy) is 1. The maximum atomic E-state index is 13.6. The van der Waals surface area contributed by atoms with Gasteiger partial charge < -0.3 is 10.1 Å². The number of rotatable bonds is 9. The second kappa shape index (κ2) is 10.4. The van der Waals surface area contributed by atoms with Crippen LogP contribution in [-0.4, -0.2) is 27.5 Å². The first-order chi connectivity index (χ1) is 16.5. The van der Waals surface area contributed by atoms with E-state index < -0.39 is 15.9 Å². The van der Waals surface area contributed by atoms with Crippen molar-refractivity contribution in [3.05, 3.63) is 103 Å². The molecule has 0 radical (unpaired) electrons. The molecule has 7 heteroatoms. The molecular weight excluding hydrogens is 448 g/mol. The molecule has 1 amide bonds. The van der Waals surface area contributed by atoms with Crippen molar-refractivity contribution in [1.29, 1.82) is 0 Å². The van der Waals surface area contributed by atoms with Crippen LogP contribution in [0.4, 0.5) is 5.69 Å². The largest absolute Gasteiger partial charge is 0.492 e. The van der Waals surface area contributed by atoms with Gasteiger partial charge in [0.05, 0.1) is 17.2 Å². The molecule has 0 spiro atoms. The summed E-state index contributed by atoms with van der Waals surface area (Å²) in [6.45, 7) is 2.09. The summed E-state index contributed by atoms with van der Waals surface area (Å²) in [5.41, 5.74) is 1.27. The topological polar surface area (TPSA) is 75.7 Å². The van der Waals surface area contributed by atoms with Crippen molar-refractivity contribution in [1.82, 2.24) is 5.32 Å². The number of nitrogens with one attached hydrogen (secondary N) is 1. The summed E-state index contributed by atoms with van der Waals surface area (Å²) < 4.78 is 33.9. The molecule has 34 heavy (non-hydrogen) atoms. The fourth-order valence-electron chi connectivity index (χ4n) is 3.79. The van der Waals surface area contributed by atoms with Gasteiger partial charge in [-0.15, -0.1) is 0 Å². The monoisotopic (exact) mass is 474 g/mol. The third kappa shape index (κ3) is 5.05. The maximum Gasteiger partial charge on any atom is 0.264 e. The molecule has 0 atom stereocenters. The fraction of sp³-hybridized carbons (Fsp3) is 0.148. The standard InChI is InChI=1S/C27H26N2O4S/c1-2-33-26-18-9-8-17-25(26)29(34(31,32)23-14-4-3-5-15-23)20-27(30)28-19-22-13-10-12-21-11-6-7-16-24(21)22/h3-18H,2,19-20H2,1H3,(H,28,30). The molecule has 0 aliphatic heterocycles. The Morgan fingerprint density at radius 2 is 1.53 bits per heavy atom. The van der Waals surface area contributed by atoms with Crippen molar-refractivity contribution in [2.45, 2.75) is 18.4 Å². The highest BCUT2D eigenvalue weighted by molar-refractivity contribution is 7.92. The third-order valence-corrected chi connectivity index (χ3v) is 7.18. The molecule has 0 aromatic heterocycles. The van der Waals surface area contributed by atoms with Gasteiger partial charge in [-0.25, -0.2) is 8.42 Å². The minimum absolute atomic E-state index is 0.100. The first-order valence-electron chi connectivity index (χ1n) is 11.0. The Bertz CT molecular complexity index is 1380. The molecule has 0 unspecified atom stereocenters. The smallest absolute Gasteiger partial charge is 0.264 e. The highest BCUT2D eigenvalue weighted by Gasteiger charge is 2.29. The van der Waals surface area contributed by atoms with Gasteiger partial charge in [-0.2, -0.15) is 0 Å². The lowest BCUT2D eigenvalue weighted by Crippen LogP contribution is -2.40. The summed E-state index contributed by atoms with van der Waals surface area (Å²) >= 11 is 0. The van der Waals surface area contributed by atoms with Gasteiger partial charge >= 0.3 is 0 Å². The van der Waals surface area contributed by atoms with E-state index in [-0.39, 0.29) is 18.0 Å². The number of para-hydroxylation sites is 2. The molecule has 0 bridgehead atoms. The molecule has 1 N–H and O–H groups in total. The van der Waals surface area contributed by atoms with Crippen molar-refractivity contribution in [2.75, 3.05) is 17.5 Å². The number of carbonyl (C=O) groups excluding carboxylic acids is 1. The van der Waals surface area contributed by atoms with Gasteiger partial charge in [-0.05, 0) is 47.5 Å². The van der Waals surface area contributed by atoms with Crippen LogP contribution < -0.4 is 14.4 Å². The van der Waals surface area contributed by atoms with E-state index in [2.05, 4.69) is 5.32 Å². The molecule has 6 nitrogen and oxygen atoms in total. The minimum atomic E-state index is -4.02. The molecular formula is C27H26N2O4S. The molecule has 4 aromatic rings. The van der Waals surface area contributed by atoms with Crippen LogP contribution in [0.3, 0.4) is 0 Å². The molecule has 0 aliphatic carbocycles. The van der Waals surface area contributed by atoms with E-state index in [1.807, 2.05) is 49.4 Å². The van der Waals surface area contributed by atoms with E-state index in [0.29, 0.717) is 18.0 Å². The first kappa shape index (κ1) is 23.3. The van der Waals surface area contributed by atoms with Crippen molar-refractivity contribution < 1.29 is 17.9 Å². The molecule has 4 rings (SSSR count). The minimum Gasteiger partial charge on any atom is -0.492 e. The Balaban J connectivity index is 1.63. The van der Waals surface area contributed by atoms with E-state index in [9.17, 15) is 13.2 Å². The summed E-state index contributed by atoms with van der Waals surface area (Å²) in [4.78, 5) is 13.1. The Morgan fingerprint density at radius 1 is 0.853 bits per heavy atom. The maximum absolute atomic E-state index is 13.6. The average Bonchev–Trinajstić information content (AvgIpc) is 2.87. The second-order valence-corrected chi connectivity index (χ2v) is 9.50. The average molecular weight is 475 g/mol. The summed E-state index contributed by atoms with van der Waals surface area (Å²) in [6, 6.07) is 28.7. The summed E-state index contributed by atoms with van der Waals surface area (Å²) in [6.07, 6.45) is 0. The molecule has 0 saturated heterocycles.